The Labute approximate surface area is 89.8 Å². The molecule has 0 aliphatic heterocycles. The number of aryl methyl sites for hydroxylation is 2. The van der Waals surface area contributed by atoms with Crippen molar-refractivity contribution in [3.05, 3.63) is 11.6 Å². The Bertz CT molecular complexity index is 342. The van der Waals surface area contributed by atoms with Crippen molar-refractivity contribution in [2.45, 2.75) is 45.1 Å². The van der Waals surface area contributed by atoms with Crippen LogP contribution in [0.1, 0.15) is 37.8 Å². The molecule has 1 heterocycles. The van der Waals surface area contributed by atoms with Gasteiger partial charge in [-0.15, -0.1) is 0 Å². The van der Waals surface area contributed by atoms with Gasteiger partial charge in [-0.3, -0.25) is 0 Å². The van der Waals surface area contributed by atoms with Crippen molar-refractivity contribution in [2.24, 2.45) is 5.73 Å². The Balaban J connectivity index is 1.93. The summed E-state index contributed by atoms with van der Waals surface area (Å²) in [6, 6.07) is 0. The Morgan fingerprint density at radius 3 is 2.87 bits per heavy atom. The van der Waals surface area contributed by atoms with Gasteiger partial charge in [-0.05, 0) is 33.1 Å². The number of oxazole rings is 1. The minimum Gasteiger partial charge on any atom is -0.464 e. The predicted molar refractivity (Wildman–Crippen MR) is 56.9 cm³/mol. The second kappa shape index (κ2) is 3.85. The van der Waals surface area contributed by atoms with Gasteiger partial charge >= 0.3 is 5.95 Å². The van der Waals surface area contributed by atoms with Crippen LogP contribution >= 0.6 is 0 Å². The van der Waals surface area contributed by atoms with Gasteiger partial charge < -0.3 is 14.9 Å². The molecular formula is C11H18N2O2. The molecule has 1 aliphatic carbocycles. The van der Waals surface area contributed by atoms with E-state index in [0.717, 1.165) is 37.3 Å². The van der Waals surface area contributed by atoms with E-state index in [1.165, 1.54) is 0 Å². The molecule has 1 saturated carbocycles. The van der Waals surface area contributed by atoms with Gasteiger partial charge in [0.25, 0.3) is 0 Å². The third-order valence-electron chi connectivity index (χ3n) is 2.80. The SMILES string of the molecule is CCOc1oc(CCC2(N)CC2)nc1C. The summed E-state index contributed by atoms with van der Waals surface area (Å²) in [5.74, 6) is 1.29. The van der Waals surface area contributed by atoms with Crippen LogP contribution in [0.25, 0.3) is 0 Å². The zero-order chi connectivity index (χ0) is 10.9. The van der Waals surface area contributed by atoms with Crippen molar-refractivity contribution in [1.29, 1.82) is 0 Å². The molecule has 2 rings (SSSR count). The maximum absolute atomic E-state index is 6.00. The van der Waals surface area contributed by atoms with Crippen molar-refractivity contribution < 1.29 is 9.15 Å². The average molecular weight is 210 g/mol. The number of nitrogens with zero attached hydrogens (tertiary/aromatic N) is 1. The lowest BCUT2D eigenvalue weighted by Crippen LogP contribution is -2.22. The zero-order valence-corrected chi connectivity index (χ0v) is 9.38. The third kappa shape index (κ3) is 2.50. The van der Waals surface area contributed by atoms with E-state index in [1.54, 1.807) is 0 Å². The van der Waals surface area contributed by atoms with Crippen molar-refractivity contribution in [2.75, 3.05) is 6.61 Å². The summed E-state index contributed by atoms with van der Waals surface area (Å²) < 4.78 is 10.8. The number of ether oxygens (including phenoxy) is 1. The summed E-state index contributed by atoms with van der Waals surface area (Å²) in [6.45, 7) is 4.43. The third-order valence-corrected chi connectivity index (χ3v) is 2.80. The Kier molecular flexibility index (Phi) is 2.69. The van der Waals surface area contributed by atoms with E-state index in [-0.39, 0.29) is 5.54 Å². The number of nitrogens with two attached hydrogens (primary N) is 1. The molecule has 0 aromatic carbocycles. The van der Waals surface area contributed by atoms with Crippen LogP contribution in [0.15, 0.2) is 4.42 Å². The molecule has 0 bridgehead atoms. The smallest absolute Gasteiger partial charge is 0.308 e. The predicted octanol–water partition coefficient (Wildman–Crippen LogP) is 1.81. The molecule has 0 spiro atoms. The van der Waals surface area contributed by atoms with Crippen LogP contribution in [0, 0.1) is 6.92 Å². The zero-order valence-electron chi connectivity index (χ0n) is 9.38. The van der Waals surface area contributed by atoms with Gasteiger partial charge in [0.15, 0.2) is 5.89 Å². The molecule has 15 heavy (non-hydrogen) atoms. The summed E-state index contributed by atoms with van der Waals surface area (Å²) in [4.78, 5) is 4.31. The van der Waals surface area contributed by atoms with Gasteiger partial charge in [0, 0.05) is 12.0 Å². The van der Waals surface area contributed by atoms with Gasteiger partial charge in [0.05, 0.1) is 6.61 Å². The molecule has 1 aromatic rings. The largest absolute Gasteiger partial charge is 0.464 e. The normalized spacial score (nSPS) is 17.8. The molecule has 1 aromatic heterocycles. The Morgan fingerprint density at radius 1 is 1.53 bits per heavy atom. The summed E-state index contributed by atoms with van der Waals surface area (Å²) >= 11 is 0. The van der Waals surface area contributed by atoms with E-state index in [9.17, 15) is 0 Å². The molecule has 4 heteroatoms. The Hall–Kier alpha value is -1.03. The van der Waals surface area contributed by atoms with Gasteiger partial charge in [-0.25, -0.2) is 4.98 Å². The highest BCUT2D eigenvalue weighted by Gasteiger charge is 2.37. The van der Waals surface area contributed by atoms with Crippen LogP contribution in [0.2, 0.25) is 0 Å². The molecule has 0 amide bonds. The van der Waals surface area contributed by atoms with Gasteiger partial charge in [0.1, 0.15) is 5.69 Å². The van der Waals surface area contributed by atoms with E-state index in [4.69, 9.17) is 14.9 Å². The molecule has 0 atom stereocenters. The summed E-state index contributed by atoms with van der Waals surface area (Å²) in [5, 5.41) is 0. The quantitative estimate of drug-likeness (QED) is 0.805. The first kappa shape index (κ1) is 10.5. The molecule has 1 fully saturated rings. The molecule has 4 nitrogen and oxygen atoms in total. The number of aromatic nitrogens is 1. The minimum absolute atomic E-state index is 0.0636. The first-order chi connectivity index (χ1) is 7.13. The van der Waals surface area contributed by atoms with E-state index in [0.29, 0.717) is 12.6 Å². The Morgan fingerprint density at radius 2 is 2.27 bits per heavy atom. The van der Waals surface area contributed by atoms with E-state index in [2.05, 4.69) is 4.98 Å². The first-order valence-corrected chi connectivity index (χ1v) is 5.51. The number of hydrogen-bond acceptors (Lipinski definition) is 4. The summed E-state index contributed by atoms with van der Waals surface area (Å²) in [7, 11) is 0. The van der Waals surface area contributed by atoms with E-state index < -0.39 is 0 Å². The monoisotopic (exact) mass is 210 g/mol. The molecular weight excluding hydrogens is 192 g/mol. The van der Waals surface area contributed by atoms with E-state index >= 15 is 0 Å². The van der Waals surface area contributed by atoms with Crippen LogP contribution in [-0.4, -0.2) is 17.1 Å². The van der Waals surface area contributed by atoms with Crippen molar-refractivity contribution in [1.82, 2.24) is 4.98 Å². The lowest BCUT2D eigenvalue weighted by atomic mass is 10.1. The van der Waals surface area contributed by atoms with Crippen LogP contribution in [-0.2, 0) is 6.42 Å². The minimum atomic E-state index is 0.0636. The summed E-state index contributed by atoms with van der Waals surface area (Å²) in [6.07, 6.45) is 4.03. The highest BCUT2D eigenvalue weighted by Crippen LogP contribution is 2.36. The van der Waals surface area contributed by atoms with Crippen LogP contribution in [0.4, 0.5) is 0 Å². The second-order valence-electron chi connectivity index (χ2n) is 4.28. The van der Waals surface area contributed by atoms with Crippen molar-refractivity contribution in [3.63, 3.8) is 0 Å². The maximum Gasteiger partial charge on any atom is 0.308 e. The first-order valence-electron chi connectivity index (χ1n) is 5.51. The fourth-order valence-corrected chi connectivity index (χ4v) is 1.57. The fourth-order valence-electron chi connectivity index (χ4n) is 1.57. The van der Waals surface area contributed by atoms with Crippen molar-refractivity contribution >= 4 is 0 Å². The molecule has 0 radical (unpaired) electrons. The van der Waals surface area contributed by atoms with E-state index in [1.807, 2.05) is 13.8 Å². The van der Waals surface area contributed by atoms with Gasteiger partial charge in [-0.1, -0.05) is 0 Å². The van der Waals surface area contributed by atoms with Crippen LogP contribution in [0.5, 0.6) is 5.95 Å². The number of hydrogen-bond donors (Lipinski definition) is 1. The lowest BCUT2D eigenvalue weighted by Gasteiger charge is -2.04. The number of rotatable bonds is 5. The van der Waals surface area contributed by atoms with Gasteiger partial charge in [-0.2, -0.15) is 0 Å². The standard InChI is InChI=1S/C11H18N2O2/c1-3-14-10-8(2)13-9(15-10)4-5-11(12)6-7-11/h3-7,12H2,1-2H3. The van der Waals surface area contributed by atoms with Gasteiger partial charge in [0.2, 0.25) is 0 Å². The fraction of sp³-hybridized carbons (Fsp3) is 0.727. The van der Waals surface area contributed by atoms with Crippen molar-refractivity contribution in [3.8, 4) is 5.95 Å². The van der Waals surface area contributed by atoms with Crippen LogP contribution < -0.4 is 10.5 Å². The molecule has 0 unspecified atom stereocenters. The molecule has 1 aliphatic rings. The highest BCUT2D eigenvalue weighted by molar-refractivity contribution is 5.14. The topological polar surface area (TPSA) is 61.3 Å². The van der Waals surface area contributed by atoms with Crippen LogP contribution in [0.3, 0.4) is 0 Å². The summed E-state index contributed by atoms with van der Waals surface area (Å²) in [5.41, 5.74) is 6.89. The second-order valence-corrected chi connectivity index (χ2v) is 4.28. The maximum atomic E-state index is 6.00. The molecule has 84 valence electrons. The molecule has 2 N–H and O–H groups in total. The average Bonchev–Trinajstić information content (AvgIpc) is 2.82. The molecule has 0 saturated heterocycles. The lowest BCUT2D eigenvalue weighted by molar-refractivity contribution is 0.247. The highest BCUT2D eigenvalue weighted by atomic mass is 16.6.